The first-order chi connectivity index (χ1) is 9.65. The van der Waals surface area contributed by atoms with Crippen molar-refractivity contribution < 1.29 is 4.74 Å². The number of fused-ring (bicyclic) bond motifs is 1. The molecule has 0 radical (unpaired) electrons. The van der Waals surface area contributed by atoms with Crippen molar-refractivity contribution in [3.05, 3.63) is 35.0 Å². The van der Waals surface area contributed by atoms with Gasteiger partial charge >= 0.3 is 0 Å². The molecule has 0 amide bonds. The quantitative estimate of drug-likeness (QED) is 0.901. The molecule has 2 heterocycles. The van der Waals surface area contributed by atoms with Gasteiger partial charge in [0.1, 0.15) is 0 Å². The van der Waals surface area contributed by atoms with Crippen molar-refractivity contribution >= 4 is 28.2 Å². The van der Waals surface area contributed by atoms with Gasteiger partial charge in [0.2, 0.25) is 0 Å². The molecule has 1 aromatic carbocycles. The molecule has 4 heteroatoms. The SMILES string of the molecule is Cc1cc(Cl)c(NC2CCOC(C)C2)c2cccnc12. The van der Waals surface area contributed by atoms with Crippen molar-refractivity contribution in [1.29, 1.82) is 0 Å². The van der Waals surface area contributed by atoms with Gasteiger partial charge in [0.05, 0.1) is 22.3 Å². The van der Waals surface area contributed by atoms with Crippen LogP contribution in [-0.2, 0) is 4.74 Å². The minimum absolute atomic E-state index is 0.301. The molecule has 0 aliphatic carbocycles. The van der Waals surface area contributed by atoms with Crippen LogP contribution >= 0.6 is 11.6 Å². The molecule has 106 valence electrons. The third-order valence-electron chi connectivity index (χ3n) is 3.87. The maximum atomic E-state index is 6.44. The van der Waals surface area contributed by atoms with Gasteiger partial charge in [-0.3, -0.25) is 4.98 Å². The molecule has 1 aliphatic heterocycles. The van der Waals surface area contributed by atoms with E-state index in [1.165, 1.54) is 0 Å². The number of aryl methyl sites for hydroxylation is 1. The van der Waals surface area contributed by atoms with Crippen LogP contribution in [0.4, 0.5) is 5.69 Å². The van der Waals surface area contributed by atoms with Crippen LogP contribution in [0.15, 0.2) is 24.4 Å². The van der Waals surface area contributed by atoms with E-state index in [4.69, 9.17) is 16.3 Å². The minimum Gasteiger partial charge on any atom is -0.380 e. The van der Waals surface area contributed by atoms with E-state index in [1.807, 2.05) is 25.3 Å². The highest BCUT2D eigenvalue weighted by molar-refractivity contribution is 6.35. The van der Waals surface area contributed by atoms with Gasteiger partial charge in [0, 0.05) is 24.2 Å². The fourth-order valence-corrected chi connectivity index (χ4v) is 3.18. The predicted molar refractivity (Wildman–Crippen MR) is 83.5 cm³/mol. The Kier molecular flexibility index (Phi) is 3.81. The number of hydrogen-bond acceptors (Lipinski definition) is 3. The third kappa shape index (κ3) is 2.60. The molecule has 2 atom stereocenters. The number of rotatable bonds is 2. The maximum Gasteiger partial charge on any atom is 0.0752 e. The average Bonchev–Trinajstić information content (AvgIpc) is 2.43. The van der Waals surface area contributed by atoms with Crippen molar-refractivity contribution in [3.63, 3.8) is 0 Å². The Hall–Kier alpha value is -1.32. The molecule has 20 heavy (non-hydrogen) atoms. The van der Waals surface area contributed by atoms with Crippen LogP contribution in [0.1, 0.15) is 25.3 Å². The van der Waals surface area contributed by atoms with Crippen molar-refractivity contribution in [2.45, 2.75) is 38.8 Å². The van der Waals surface area contributed by atoms with Crippen LogP contribution in [-0.4, -0.2) is 23.7 Å². The van der Waals surface area contributed by atoms with Gasteiger partial charge < -0.3 is 10.1 Å². The highest BCUT2D eigenvalue weighted by Crippen LogP contribution is 2.34. The summed E-state index contributed by atoms with van der Waals surface area (Å²) in [6.07, 6.45) is 4.14. The number of pyridine rings is 1. The number of ether oxygens (including phenoxy) is 1. The number of anilines is 1. The average molecular weight is 291 g/mol. The van der Waals surface area contributed by atoms with Gasteiger partial charge in [0.15, 0.2) is 0 Å². The fourth-order valence-electron chi connectivity index (χ4n) is 2.86. The Labute approximate surface area is 124 Å². The van der Waals surface area contributed by atoms with E-state index in [0.717, 1.165) is 46.6 Å². The van der Waals surface area contributed by atoms with Crippen LogP contribution in [0.3, 0.4) is 0 Å². The lowest BCUT2D eigenvalue weighted by Crippen LogP contribution is -2.32. The molecule has 1 N–H and O–H groups in total. The highest BCUT2D eigenvalue weighted by Gasteiger charge is 2.21. The molecule has 1 fully saturated rings. The standard InChI is InChI=1S/C16H19ClN2O/c1-10-8-14(17)16(13-4-3-6-18-15(10)13)19-12-5-7-20-11(2)9-12/h3-4,6,8,11-12,19H,5,7,9H2,1-2H3. The van der Waals surface area contributed by atoms with Crippen molar-refractivity contribution in [3.8, 4) is 0 Å². The van der Waals surface area contributed by atoms with Crippen LogP contribution in [0, 0.1) is 6.92 Å². The first-order valence-corrected chi connectivity index (χ1v) is 7.45. The summed E-state index contributed by atoms with van der Waals surface area (Å²) in [7, 11) is 0. The second-order valence-electron chi connectivity index (χ2n) is 5.50. The Morgan fingerprint density at radius 1 is 1.45 bits per heavy atom. The van der Waals surface area contributed by atoms with E-state index in [1.54, 1.807) is 0 Å². The van der Waals surface area contributed by atoms with Gasteiger partial charge in [0.25, 0.3) is 0 Å². The lowest BCUT2D eigenvalue weighted by atomic mass is 10.0. The highest BCUT2D eigenvalue weighted by atomic mass is 35.5. The van der Waals surface area contributed by atoms with Gasteiger partial charge in [-0.2, -0.15) is 0 Å². The summed E-state index contributed by atoms with van der Waals surface area (Å²) >= 11 is 6.44. The van der Waals surface area contributed by atoms with Gasteiger partial charge in [-0.1, -0.05) is 11.6 Å². The minimum atomic E-state index is 0.301. The lowest BCUT2D eigenvalue weighted by molar-refractivity contribution is 0.0232. The van der Waals surface area contributed by atoms with E-state index in [-0.39, 0.29) is 0 Å². The molecular weight excluding hydrogens is 272 g/mol. The molecule has 0 spiro atoms. The molecule has 3 nitrogen and oxygen atoms in total. The fraction of sp³-hybridized carbons (Fsp3) is 0.438. The lowest BCUT2D eigenvalue weighted by Gasteiger charge is -2.29. The number of aromatic nitrogens is 1. The first kappa shape index (κ1) is 13.7. The van der Waals surface area contributed by atoms with E-state index in [0.29, 0.717) is 12.1 Å². The predicted octanol–water partition coefficient (Wildman–Crippen LogP) is 4.18. The van der Waals surface area contributed by atoms with Crippen LogP contribution in [0.2, 0.25) is 5.02 Å². The zero-order valence-corrected chi connectivity index (χ0v) is 12.6. The Morgan fingerprint density at radius 3 is 3.10 bits per heavy atom. The summed E-state index contributed by atoms with van der Waals surface area (Å²) in [5, 5.41) is 5.46. The van der Waals surface area contributed by atoms with E-state index < -0.39 is 0 Å². The van der Waals surface area contributed by atoms with E-state index >= 15 is 0 Å². The first-order valence-electron chi connectivity index (χ1n) is 7.07. The molecule has 0 bridgehead atoms. The second kappa shape index (κ2) is 5.58. The van der Waals surface area contributed by atoms with Gasteiger partial charge in [-0.05, 0) is 50.5 Å². The number of halogens is 1. The normalized spacial score (nSPS) is 22.9. The number of benzene rings is 1. The summed E-state index contributed by atoms with van der Waals surface area (Å²) in [5.74, 6) is 0. The Balaban J connectivity index is 1.98. The molecule has 2 unspecified atom stereocenters. The zero-order valence-electron chi connectivity index (χ0n) is 11.8. The van der Waals surface area contributed by atoms with Gasteiger partial charge in [-0.15, -0.1) is 0 Å². The topological polar surface area (TPSA) is 34.1 Å². The van der Waals surface area contributed by atoms with Crippen LogP contribution in [0.25, 0.3) is 10.9 Å². The summed E-state index contributed by atoms with van der Waals surface area (Å²) in [6, 6.07) is 6.42. The number of hydrogen-bond donors (Lipinski definition) is 1. The van der Waals surface area contributed by atoms with Crippen molar-refractivity contribution in [2.24, 2.45) is 0 Å². The molecule has 1 aliphatic rings. The molecule has 2 aromatic rings. The molecular formula is C16H19ClN2O. The summed E-state index contributed by atoms with van der Waals surface area (Å²) in [6.45, 7) is 4.96. The molecule has 1 aromatic heterocycles. The number of nitrogens with one attached hydrogen (secondary N) is 1. The summed E-state index contributed by atoms with van der Waals surface area (Å²) in [5.41, 5.74) is 3.12. The maximum absolute atomic E-state index is 6.44. The van der Waals surface area contributed by atoms with E-state index in [9.17, 15) is 0 Å². The monoisotopic (exact) mass is 290 g/mol. The van der Waals surface area contributed by atoms with Gasteiger partial charge in [-0.25, -0.2) is 0 Å². The summed E-state index contributed by atoms with van der Waals surface area (Å²) in [4.78, 5) is 4.47. The van der Waals surface area contributed by atoms with Crippen molar-refractivity contribution in [2.75, 3.05) is 11.9 Å². The van der Waals surface area contributed by atoms with Crippen LogP contribution < -0.4 is 5.32 Å². The summed E-state index contributed by atoms with van der Waals surface area (Å²) < 4.78 is 5.60. The molecule has 0 saturated carbocycles. The van der Waals surface area contributed by atoms with Crippen LogP contribution in [0.5, 0.6) is 0 Å². The third-order valence-corrected chi connectivity index (χ3v) is 4.16. The Bertz CT molecular complexity index is 629. The Morgan fingerprint density at radius 2 is 2.30 bits per heavy atom. The smallest absolute Gasteiger partial charge is 0.0752 e. The second-order valence-corrected chi connectivity index (χ2v) is 5.90. The zero-order chi connectivity index (χ0) is 14.1. The van der Waals surface area contributed by atoms with E-state index in [2.05, 4.69) is 23.3 Å². The number of nitrogens with zero attached hydrogens (tertiary/aromatic N) is 1. The molecule has 3 rings (SSSR count). The van der Waals surface area contributed by atoms with Crippen molar-refractivity contribution in [1.82, 2.24) is 4.98 Å². The largest absolute Gasteiger partial charge is 0.380 e. The molecule has 1 saturated heterocycles.